The van der Waals surface area contributed by atoms with Crippen molar-refractivity contribution < 1.29 is 9.90 Å². The van der Waals surface area contributed by atoms with Crippen LogP contribution in [0.15, 0.2) is 47.2 Å². The molecule has 0 aliphatic rings. The maximum Gasteiger partial charge on any atom is 0.231 e. The lowest BCUT2D eigenvalue weighted by Crippen LogP contribution is -2.36. The maximum atomic E-state index is 11.2. The third-order valence-electron chi connectivity index (χ3n) is 2.99. The predicted molar refractivity (Wildman–Crippen MR) is 80.2 cm³/mol. The van der Waals surface area contributed by atoms with Crippen molar-refractivity contribution in [3.8, 4) is 0 Å². The molecule has 0 bridgehead atoms. The molecule has 0 spiro atoms. The van der Waals surface area contributed by atoms with E-state index in [9.17, 15) is 9.90 Å². The van der Waals surface area contributed by atoms with Gasteiger partial charge in [-0.1, -0.05) is 30.3 Å². The van der Waals surface area contributed by atoms with Crippen molar-refractivity contribution in [2.75, 3.05) is 13.1 Å². The molecule has 1 amide bonds. The van der Waals surface area contributed by atoms with E-state index in [1.165, 1.54) is 0 Å². The van der Waals surface area contributed by atoms with Crippen molar-refractivity contribution >= 4 is 17.2 Å². The average molecular weight is 290 g/mol. The Balaban J connectivity index is 2.02. The van der Waals surface area contributed by atoms with Crippen LogP contribution in [0.4, 0.5) is 0 Å². The number of thiophene rings is 1. The second kappa shape index (κ2) is 7.19. The number of rotatable bonds is 7. The van der Waals surface area contributed by atoms with Crippen LogP contribution in [0, 0.1) is 0 Å². The number of nitrogens with two attached hydrogens (primary N) is 1. The van der Waals surface area contributed by atoms with Gasteiger partial charge >= 0.3 is 0 Å². The van der Waals surface area contributed by atoms with Crippen molar-refractivity contribution in [2.24, 2.45) is 5.73 Å². The Labute approximate surface area is 122 Å². The van der Waals surface area contributed by atoms with Crippen LogP contribution in [0.1, 0.15) is 17.2 Å². The summed E-state index contributed by atoms with van der Waals surface area (Å²) in [5.41, 5.74) is 7.24. The number of hydrogen-bond acceptors (Lipinski definition) is 4. The minimum Gasteiger partial charge on any atom is -0.387 e. The highest BCUT2D eigenvalue weighted by Crippen LogP contribution is 2.18. The Hall–Kier alpha value is -1.69. The first-order valence-electron chi connectivity index (χ1n) is 6.40. The van der Waals surface area contributed by atoms with Gasteiger partial charge in [0.2, 0.25) is 5.91 Å². The number of aliphatic hydroxyl groups excluding tert-OH is 1. The summed E-state index contributed by atoms with van der Waals surface area (Å²) in [6, 6.07) is 11.7. The van der Waals surface area contributed by atoms with Gasteiger partial charge in [0.15, 0.2) is 0 Å². The molecule has 106 valence electrons. The molecule has 0 saturated carbocycles. The molecule has 1 atom stereocenters. The zero-order valence-corrected chi connectivity index (χ0v) is 11.9. The Bertz CT molecular complexity index is 528. The second-order valence-corrected chi connectivity index (χ2v) is 5.47. The molecule has 2 aromatic rings. The highest BCUT2D eigenvalue weighted by atomic mass is 32.1. The number of amides is 1. The van der Waals surface area contributed by atoms with E-state index < -0.39 is 12.0 Å². The van der Waals surface area contributed by atoms with Gasteiger partial charge in [0.05, 0.1) is 12.6 Å². The third kappa shape index (κ3) is 4.45. The molecule has 1 unspecified atom stereocenters. The Morgan fingerprint density at radius 3 is 2.65 bits per heavy atom. The molecule has 1 aromatic heterocycles. The third-order valence-corrected chi connectivity index (χ3v) is 3.69. The van der Waals surface area contributed by atoms with Crippen LogP contribution in [-0.2, 0) is 11.3 Å². The van der Waals surface area contributed by atoms with Gasteiger partial charge < -0.3 is 10.8 Å². The van der Waals surface area contributed by atoms with E-state index in [0.717, 1.165) is 11.1 Å². The number of hydrogen-bond donors (Lipinski definition) is 2. The van der Waals surface area contributed by atoms with Crippen LogP contribution in [0.2, 0.25) is 0 Å². The summed E-state index contributed by atoms with van der Waals surface area (Å²) in [7, 11) is 0. The van der Waals surface area contributed by atoms with E-state index in [2.05, 4.69) is 0 Å². The van der Waals surface area contributed by atoms with Crippen molar-refractivity contribution in [3.05, 3.63) is 58.3 Å². The topological polar surface area (TPSA) is 66.6 Å². The zero-order chi connectivity index (χ0) is 14.4. The SMILES string of the molecule is NC(=O)CN(Cc1ccccc1)CC(O)c1ccsc1. The molecule has 4 nitrogen and oxygen atoms in total. The number of carbonyl (C=O) groups is 1. The van der Waals surface area contributed by atoms with E-state index in [-0.39, 0.29) is 6.54 Å². The van der Waals surface area contributed by atoms with E-state index in [4.69, 9.17) is 5.73 Å². The molecule has 0 fully saturated rings. The van der Waals surface area contributed by atoms with Crippen LogP contribution >= 0.6 is 11.3 Å². The molecular weight excluding hydrogens is 272 g/mol. The van der Waals surface area contributed by atoms with Gasteiger partial charge in [-0.2, -0.15) is 11.3 Å². The maximum absolute atomic E-state index is 11.2. The largest absolute Gasteiger partial charge is 0.387 e. The minimum absolute atomic E-state index is 0.135. The molecule has 0 saturated heterocycles. The fourth-order valence-corrected chi connectivity index (χ4v) is 2.77. The van der Waals surface area contributed by atoms with Gasteiger partial charge in [0.25, 0.3) is 0 Å². The molecule has 0 aliphatic carbocycles. The average Bonchev–Trinajstić information content (AvgIpc) is 2.93. The molecule has 0 aliphatic heterocycles. The zero-order valence-electron chi connectivity index (χ0n) is 11.1. The van der Waals surface area contributed by atoms with Crippen LogP contribution in [0.5, 0.6) is 0 Å². The van der Waals surface area contributed by atoms with Gasteiger partial charge in [-0.25, -0.2) is 0 Å². The van der Waals surface area contributed by atoms with E-state index in [0.29, 0.717) is 13.1 Å². The lowest BCUT2D eigenvalue weighted by atomic mass is 10.1. The Kier molecular flexibility index (Phi) is 5.29. The molecule has 1 heterocycles. The smallest absolute Gasteiger partial charge is 0.231 e. The monoisotopic (exact) mass is 290 g/mol. The number of primary amides is 1. The molecule has 2 rings (SSSR count). The van der Waals surface area contributed by atoms with Gasteiger partial charge in [-0.15, -0.1) is 0 Å². The quantitative estimate of drug-likeness (QED) is 0.816. The number of benzene rings is 1. The van der Waals surface area contributed by atoms with E-state index >= 15 is 0 Å². The normalized spacial score (nSPS) is 12.5. The van der Waals surface area contributed by atoms with Crippen LogP contribution in [-0.4, -0.2) is 29.0 Å². The minimum atomic E-state index is -0.607. The molecule has 0 radical (unpaired) electrons. The number of aliphatic hydroxyl groups is 1. The summed E-state index contributed by atoms with van der Waals surface area (Å²) in [5, 5.41) is 14.0. The fourth-order valence-electron chi connectivity index (χ4n) is 2.06. The van der Waals surface area contributed by atoms with E-state index in [1.807, 2.05) is 52.1 Å². The van der Waals surface area contributed by atoms with Gasteiger partial charge in [-0.3, -0.25) is 9.69 Å². The molecule has 20 heavy (non-hydrogen) atoms. The highest BCUT2D eigenvalue weighted by Gasteiger charge is 2.16. The van der Waals surface area contributed by atoms with Gasteiger partial charge in [0, 0.05) is 13.1 Å². The summed E-state index contributed by atoms with van der Waals surface area (Å²) >= 11 is 1.54. The van der Waals surface area contributed by atoms with Crippen LogP contribution < -0.4 is 5.73 Å². The Morgan fingerprint density at radius 1 is 1.30 bits per heavy atom. The lowest BCUT2D eigenvalue weighted by molar-refractivity contribution is -0.119. The highest BCUT2D eigenvalue weighted by molar-refractivity contribution is 7.07. The van der Waals surface area contributed by atoms with Crippen molar-refractivity contribution in [1.82, 2.24) is 4.90 Å². The van der Waals surface area contributed by atoms with E-state index in [1.54, 1.807) is 11.3 Å². The van der Waals surface area contributed by atoms with Gasteiger partial charge in [0.1, 0.15) is 0 Å². The number of nitrogens with zero attached hydrogens (tertiary/aromatic N) is 1. The second-order valence-electron chi connectivity index (χ2n) is 4.69. The van der Waals surface area contributed by atoms with Crippen LogP contribution in [0.25, 0.3) is 0 Å². The molecule has 1 aromatic carbocycles. The number of carbonyl (C=O) groups excluding carboxylic acids is 1. The van der Waals surface area contributed by atoms with Gasteiger partial charge in [-0.05, 0) is 28.0 Å². The fraction of sp³-hybridized carbons (Fsp3) is 0.267. The molecule has 5 heteroatoms. The van der Waals surface area contributed by atoms with Crippen molar-refractivity contribution in [2.45, 2.75) is 12.6 Å². The summed E-state index contributed by atoms with van der Waals surface area (Å²) in [6.07, 6.45) is -0.607. The Morgan fingerprint density at radius 2 is 2.05 bits per heavy atom. The van der Waals surface area contributed by atoms with Crippen LogP contribution in [0.3, 0.4) is 0 Å². The summed E-state index contributed by atoms with van der Waals surface area (Å²) in [4.78, 5) is 13.0. The summed E-state index contributed by atoms with van der Waals surface area (Å²) < 4.78 is 0. The first-order chi connectivity index (χ1) is 9.65. The predicted octanol–water partition coefficient (Wildman–Crippen LogP) is 1.77. The lowest BCUT2D eigenvalue weighted by Gasteiger charge is -2.23. The van der Waals surface area contributed by atoms with Crippen molar-refractivity contribution in [1.29, 1.82) is 0 Å². The first-order valence-corrected chi connectivity index (χ1v) is 7.34. The summed E-state index contributed by atoms with van der Waals surface area (Å²) in [5.74, 6) is -0.390. The summed E-state index contributed by atoms with van der Waals surface area (Å²) in [6.45, 7) is 1.11. The molecular formula is C15H18N2O2S. The van der Waals surface area contributed by atoms with Crippen molar-refractivity contribution in [3.63, 3.8) is 0 Å². The molecule has 3 N–H and O–H groups in total. The standard InChI is InChI=1S/C15H18N2O2S/c16-15(19)10-17(8-12-4-2-1-3-5-12)9-14(18)13-6-7-20-11-13/h1-7,11,14,18H,8-10H2,(H2,16,19). The first kappa shape index (κ1) is 14.7.